The molecule has 1 aromatic carbocycles. The molecule has 0 saturated heterocycles. The van der Waals surface area contributed by atoms with Crippen LogP contribution < -0.4 is 0 Å². The minimum Gasteiger partial charge on any atom is -0.206 e. The van der Waals surface area contributed by atoms with E-state index in [1.165, 1.54) is 17.4 Å². The first-order valence-electron chi connectivity index (χ1n) is 4.54. The number of rotatable bonds is 3. The van der Waals surface area contributed by atoms with Crippen LogP contribution in [0.2, 0.25) is 0 Å². The summed E-state index contributed by atoms with van der Waals surface area (Å²) in [4.78, 5) is 0. The van der Waals surface area contributed by atoms with Gasteiger partial charge >= 0.3 is 0 Å². The molecule has 1 heterocycles. The topological polar surface area (TPSA) is 25.8 Å². The Labute approximate surface area is 110 Å². The molecule has 2 rings (SSSR count). The first-order valence-corrected chi connectivity index (χ1v) is 6.69. The van der Waals surface area contributed by atoms with Gasteiger partial charge in [-0.3, -0.25) is 0 Å². The highest BCUT2D eigenvalue weighted by molar-refractivity contribution is 9.10. The van der Waals surface area contributed by atoms with Crippen molar-refractivity contribution < 1.29 is 4.39 Å². The van der Waals surface area contributed by atoms with E-state index in [0.29, 0.717) is 16.8 Å². The van der Waals surface area contributed by atoms with Gasteiger partial charge in [0, 0.05) is 17.9 Å². The first kappa shape index (κ1) is 12.0. The molecule has 1 aromatic heterocycles. The van der Waals surface area contributed by atoms with E-state index >= 15 is 0 Å². The second-order valence-corrected chi connectivity index (χ2v) is 5.36. The zero-order chi connectivity index (χ0) is 11.5. The van der Waals surface area contributed by atoms with E-state index in [9.17, 15) is 4.39 Å². The van der Waals surface area contributed by atoms with E-state index in [1.54, 1.807) is 12.1 Å². The number of hydrogen-bond donors (Lipinski definition) is 0. The van der Waals surface area contributed by atoms with Gasteiger partial charge in [-0.1, -0.05) is 11.3 Å². The lowest BCUT2D eigenvalue weighted by molar-refractivity contribution is 0.621. The van der Waals surface area contributed by atoms with Crippen LogP contribution in [0.5, 0.6) is 0 Å². The van der Waals surface area contributed by atoms with Crippen molar-refractivity contribution in [3.63, 3.8) is 0 Å². The summed E-state index contributed by atoms with van der Waals surface area (Å²) in [5.74, 6) is 0.246. The SMILES string of the molecule is Fc1ccc(-c2nnc(CCCl)s2)cc1Br. The van der Waals surface area contributed by atoms with Crippen LogP contribution in [0.25, 0.3) is 10.6 Å². The van der Waals surface area contributed by atoms with E-state index in [4.69, 9.17) is 11.6 Å². The smallest absolute Gasteiger partial charge is 0.147 e. The summed E-state index contributed by atoms with van der Waals surface area (Å²) < 4.78 is 13.5. The van der Waals surface area contributed by atoms with E-state index in [-0.39, 0.29) is 5.82 Å². The van der Waals surface area contributed by atoms with Gasteiger partial charge in [0.1, 0.15) is 15.8 Å². The zero-order valence-electron chi connectivity index (χ0n) is 8.08. The molecule has 0 saturated carbocycles. The molecular formula is C10H7BrClFN2S. The largest absolute Gasteiger partial charge is 0.206 e. The molecule has 0 spiro atoms. The summed E-state index contributed by atoms with van der Waals surface area (Å²) in [5, 5.41) is 9.72. The van der Waals surface area contributed by atoms with Crippen molar-refractivity contribution in [3.05, 3.63) is 33.5 Å². The molecule has 0 radical (unpaired) electrons. The van der Waals surface area contributed by atoms with Gasteiger partial charge in [-0.15, -0.1) is 21.8 Å². The van der Waals surface area contributed by atoms with Gasteiger partial charge in [-0.2, -0.15) is 0 Å². The van der Waals surface area contributed by atoms with Crippen molar-refractivity contribution in [1.82, 2.24) is 10.2 Å². The Morgan fingerprint density at radius 1 is 1.38 bits per heavy atom. The molecule has 2 nitrogen and oxygen atoms in total. The third-order valence-corrected chi connectivity index (χ3v) is 3.77. The Morgan fingerprint density at radius 2 is 2.19 bits per heavy atom. The summed E-state index contributed by atoms with van der Waals surface area (Å²) in [6, 6.07) is 4.79. The van der Waals surface area contributed by atoms with Gasteiger partial charge in [0.2, 0.25) is 0 Å². The molecule has 16 heavy (non-hydrogen) atoms. The molecule has 0 fully saturated rings. The summed E-state index contributed by atoms with van der Waals surface area (Å²) in [6.45, 7) is 0. The van der Waals surface area contributed by atoms with E-state index in [1.807, 2.05) is 0 Å². The average Bonchev–Trinajstić information content (AvgIpc) is 2.71. The Hall–Kier alpha value is -0.520. The summed E-state index contributed by atoms with van der Waals surface area (Å²) in [7, 11) is 0. The molecule has 0 aliphatic heterocycles. The molecule has 84 valence electrons. The van der Waals surface area contributed by atoms with E-state index in [0.717, 1.165) is 15.6 Å². The lowest BCUT2D eigenvalue weighted by atomic mass is 10.2. The average molecular weight is 322 g/mol. The summed E-state index contributed by atoms with van der Waals surface area (Å²) in [5.41, 5.74) is 0.853. The third-order valence-electron chi connectivity index (χ3n) is 1.94. The minimum absolute atomic E-state index is 0.283. The standard InChI is InChI=1S/C10H7BrClFN2S/c11-7-5-6(1-2-8(7)13)10-15-14-9(16-10)3-4-12/h1-2,5H,3-4H2. The van der Waals surface area contributed by atoms with Gasteiger partial charge in [-0.05, 0) is 34.1 Å². The second kappa shape index (κ2) is 5.21. The molecule has 6 heteroatoms. The molecule has 0 unspecified atom stereocenters. The molecule has 0 amide bonds. The van der Waals surface area contributed by atoms with Gasteiger partial charge < -0.3 is 0 Å². The maximum atomic E-state index is 13.0. The van der Waals surface area contributed by atoms with Crippen molar-refractivity contribution in [3.8, 4) is 10.6 Å². The van der Waals surface area contributed by atoms with Gasteiger partial charge in [0.05, 0.1) is 4.47 Å². The molecule has 0 N–H and O–H groups in total. The molecular weight excluding hydrogens is 315 g/mol. The number of aryl methyl sites for hydroxylation is 1. The number of aromatic nitrogens is 2. The molecule has 2 aromatic rings. The number of hydrogen-bond acceptors (Lipinski definition) is 3. The van der Waals surface area contributed by atoms with Crippen LogP contribution >= 0.6 is 38.9 Å². The Morgan fingerprint density at radius 3 is 2.88 bits per heavy atom. The van der Waals surface area contributed by atoms with Crippen LogP contribution in [0.1, 0.15) is 5.01 Å². The fraction of sp³-hybridized carbons (Fsp3) is 0.200. The fourth-order valence-corrected chi connectivity index (χ4v) is 2.69. The normalized spacial score (nSPS) is 10.7. The van der Waals surface area contributed by atoms with Crippen molar-refractivity contribution in [2.24, 2.45) is 0 Å². The third kappa shape index (κ3) is 2.59. The van der Waals surface area contributed by atoms with Gasteiger partial charge in [0.25, 0.3) is 0 Å². The van der Waals surface area contributed by atoms with E-state index < -0.39 is 0 Å². The van der Waals surface area contributed by atoms with Crippen LogP contribution in [0, 0.1) is 5.82 Å². The van der Waals surface area contributed by atoms with Crippen LogP contribution in [0.4, 0.5) is 4.39 Å². The molecule has 0 aliphatic rings. The quantitative estimate of drug-likeness (QED) is 0.802. The number of nitrogens with zero attached hydrogens (tertiary/aromatic N) is 2. The van der Waals surface area contributed by atoms with Gasteiger partial charge in [-0.25, -0.2) is 4.39 Å². The number of halogens is 3. The van der Waals surface area contributed by atoms with Gasteiger partial charge in [0.15, 0.2) is 0 Å². The second-order valence-electron chi connectivity index (χ2n) is 3.07. The predicted molar refractivity (Wildman–Crippen MR) is 67.4 cm³/mol. The van der Waals surface area contributed by atoms with Crippen molar-refractivity contribution >= 4 is 38.9 Å². The maximum Gasteiger partial charge on any atom is 0.147 e. The Bertz CT molecular complexity index is 503. The Balaban J connectivity index is 2.31. The number of alkyl halides is 1. The van der Waals surface area contributed by atoms with Crippen LogP contribution in [0.3, 0.4) is 0 Å². The molecule has 0 atom stereocenters. The predicted octanol–water partition coefficient (Wildman–Crippen LogP) is 3.89. The van der Waals surface area contributed by atoms with Crippen molar-refractivity contribution in [2.45, 2.75) is 6.42 Å². The fourth-order valence-electron chi connectivity index (χ4n) is 1.18. The van der Waals surface area contributed by atoms with E-state index in [2.05, 4.69) is 26.1 Å². The van der Waals surface area contributed by atoms with Crippen LogP contribution in [-0.2, 0) is 6.42 Å². The Kier molecular flexibility index (Phi) is 3.89. The summed E-state index contributed by atoms with van der Waals surface area (Å²) in [6.07, 6.45) is 0.710. The van der Waals surface area contributed by atoms with Crippen LogP contribution in [0.15, 0.2) is 22.7 Å². The zero-order valence-corrected chi connectivity index (χ0v) is 11.2. The highest BCUT2D eigenvalue weighted by atomic mass is 79.9. The highest BCUT2D eigenvalue weighted by Crippen LogP contribution is 2.27. The van der Waals surface area contributed by atoms with Crippen molar-refractivity contribution in [1.29, 1.82) is 0 Å². The molecule has 0 aliphatic carbocycles. The minimum atomic E-state index is -0.283. The first-order chi connectivity index (χ1) is 7.70. The highest BCUT2D eigenvalue weighted by Gasteiger charge is 2.08. The monoisotopic (exact) mass is 320 g/mol. The lowest BCUT2D eigenvalue weighted by Crippen LogP contribution is -1.83. The lowest BCUT2D eigenvalue weighted by Gasteiger charge is -1.97. The van der Waals surface area contributed by atoms with Crippen molar-refractivity contribution in [2.75, 3.05) is 5.88 Å². The maximum absolute atomic E-state index is 13.0. The number of benzene rings is 1. The van der Waals surface area contributed by atoms with Crippen LogP contribution in [-0.4, -0.2) is 16.1 Å². The summed E-state index contributed by atoms with van der Waals surface area (Å²) >= 11 is 10.2. The molecule has 0 bridgehead atoms.